The highest BCUT2D eigenvalue weighted by Crippen LogP contribution is 2.21. The van der Waals surface area contributed by atoms with E-state index in [1.165, 1.54) is 42.6 Å². The van der Waals surface area contributed by atoms with E-state index in [0.29, 0.717) is 6.04 Å². The molecule has 20 heavy (non-hydrogen) atoms. The Labute approximate surface area is 123 Å². The minimum absolute atomic E-state index is 0.111. The summed E-state index contributed by atoms with van der Waals surface area (Å²) >= 11 is 0. The van der Waals surface area contributed by atoms with Gasteiger partial charge in [0.15, 0.2) is 0 Å². The average molecular weight is 275 g/mol. The number of likely N-dealkylation sites (N-methyl/N-ethyl adjacent to an activating group) is 1. The molecule has 0 aromatic heterocycles. The zero-order valence-electron chi connectivity index (χ0n) is 13.4. The first-order chi connectivity index (χ1) is 9.47. The summed E-state index contributed by atoms with van der Waals surface area (Å²) in [5.74, 6) is 0. The second-order valence-corrected chi connectivity index (χ2v) is 6.44. The van der Waals surface area contributed by atoms with E-state index < -0.39 is 0 Å². The Bertz CT molecular complexity index is 436. The number of benzene rings is 1. The molecule has 1 aliphatic rings. The molecule has 1 atom stereocenters. The van der Waals surface area contributed by atoms with Gasteiger partial charge in [-0.2, -0.15) is 0 Å². The molecule has 1 unspecified atom stereocenters. The Morgan fingerprint density at radius 2 is 1.95 bits per heavy atom. The number of nitrogens with two attached hydrogens (primary N) is 1. The number of likely N-dealkylation sites (tertiary alicyclic amines) is 1. The lowest BCUT2D eigenvalue weighted by atomic mass is 9.98. The molecule has 1 aromatic carbocycles. The normalized spacial score (nSPS) is 19.5. The lowest BCUT2D eigenvalue weighted by Gasteiger charge is -2.36. The molecule has 0 radical (unpaired) electrons. The van der Waals surface area contributed by atoms with E-state index in [-0.39, 0.29) is 6.04 Å². The summed E-state index contributed by atoms with van der Waals surface area (Å²) in [6.45, 7) is 7.64. The predicted molar refractivity (Wildman–Crippen MR) is 86.0 cm³/mol. The molecule has 1 aromatic rings. The van der Waals surface area contributed by atoms with Crippen molar-refractivity contribution in [3.63, 3.8) is 0 Å². The van der Waals surface area contributed by atoms with Gasteiger partial charge in [-0.15, -0.1) is 0 Å². The van der Waals surface area contributed by atoms with Crippen LogP contribution in [0, 0.1) is 13.8 Å². The Morgan fingerprint density at radius 3 is 2.55 bits per heavy atom. The zero-order valence-corrected chi connectivity index (χ0v) is 13.4. The number of hydrogen-bond donors (Lipinski definition) is 1. The fourth-order valence-electron chi connectivity index (χ4n) is 3.24. The van der Waals surface area contributed by atoms with Crippen molar-refractivity contribution in [1.29, 1.82) is 0 Å². The average Bonchev–Trinajstić information content (AvgIpc) is 2.39. The third-order valence-electron chi connectivity index (χ3n) is 4.62. The standard InChI is InChI=1S/C17H29N3/c1-13-5-6-16(14(2)11-13)17(18)12-20(4)15-7-9-19(3)10-8-15/h5-6,11,15,17H,7-10,12,18H2,1-4H3. The van der Waals surface area contributed by atoms with E-state index in [2.05, 4.69) is 55.9 Å². The summed E-state index contributed by atoms with van der Waals surface area (Å²) in [7, 11) is 4.43. The van der Waals surface area contributed by atoms with Gasteiger partial charge in [0, 0.05) is 18.6 Å². The molecule has 112 valence electrons. The van der Waals surface area contributed by atoms with Crippen molar-refractivity contribution in [3.8, 4) is 0 Å². The van der Waals surface area contributed by atoms with Crippen LogP contribution in [0.15, 0.2) is 18.2 Å². The van der Waals surface area contributed by atoms with Crippen LogP contribution in [0.3, 0.4) is 0 Å². The van der Waals surface area contributed by atoms with E-state index >= 15 is 0 Å². The maximum Gasteiger partial charge on any atom is 0.0426 e. The third kappa shape index (κ3) is 3.81. The first-order valence-corrected chi connectivity index (χ1v) is 7.69. The number of hydrogen-bond acceptors (Lipinski definition) is 3. The number of aryl methyl sites for hydroxylation is 2. The van der Waals surface area contributed by atoms with Gasteiger partial charge in [-0.1, -0.05) is 23.8 Å². The molecule has 0 saturated carbocycles. The maximum atomic E-state index is 6.43. The van der Waals surface area contributed by atoms with Gasteiger partial charge in [-0.3, -0.25) is 0 Å². The number of piperidine rings is 1. The molecule has 1 heterocycles. The van der Waals surface area contributed by atoms with E-state index in [9.17, 15) is 0 Å². The quantitative estimate of drug-likeness (QED) is 0.915. The molecular formula is C17H29N3. The van der Waals surface area contributed by atoms with Gasteiger partial charge in [0.25, 0.3) is 0 Å². The van der Waals surface area contributed by atoms with E-state index in [4.69, 9.17) is 5.73 Å². The van der Waals surface area contributed by atoms with Crippen molar-refractivity contribution < 1.29 is 0 Å². The highest BCUT2D eigenvalue weighted by Gasteiger charge is 2.22. The molecule has 0 spiro atoms. The second kappa shape index (κ2) is 6.70. The number of rotatable bonds is 4. The Balaban J connectivity index is 1.95. The largest absolute Gasteiger partial charge is 0.323 e. The molecule has 0 aliphatic carbocycles. The fourth-order valence-corrected chi connectivity index (χ4v) is 3.24. The first-order valence-electron chi connectivity index (χ1n) is 7.69. The van der Waals surface area contributed by atoms with Crippen molar-refractivity contribution in [1.82, 2.24) is 9.80 Å². The van der Waals surface area contributed by atoms with Gasteiger partial charge >= 0.3 is 0 Å². The van der Waals surface area contributed by atoms with Gasteiger partial charge in [-0.25, -0.2) is 0 Å². The predicted octanol–water partition coefficient (Wildman–Crippen LogP) is 2.33. The van der Waals surface area contributed by atoms with Crippen LogP contribution in [-0.2, 0) is 0 Å². The van der Waals surface area contributed by atoms with Gasteiger partial charge in [0.05, 0.1) is 0 Å². The van der Waals surface area contributed by atoms with Crippen LogP contribution < -0.4 is 5.73 Å². The van der Waals surface area contributed by atoms with Gasteiger partial charge < -0.3 is 15.5 Å². The van der Waals surface area contributed by atoms with Gasteiger partial charge in [-0.05, 0) is 65.0 Å². The highest BCUT2D eigenvalue weighted by atomic mass is 15.2. The summed E-state index contributed by atoms with van der Waals surface area (Å²) in [5, 5.41) is 0. The molecule has 1 saturated heterocycles. The Kier molecular flexibility index (Phi) is 5.19. The first kappa shape index (κ1) is 15.5. The second-order valence-electron chi connectivity index (χ2n) is 6.44. The van der Waals surface area contributed by atoms with E-state index in [1.54, 1.807) is 0 Å². The molecule has 0 amide bonds. The van der Waals surface area contributed by atoms with Crippen LogP contribution in [0.2, 0.25) is 0 Å². The molecule has 0 bridgehead atoms. The summed E-state index contributed by atoms with van der Waals surface area (Å²) in [4.78, 5) is 4.87. The van der Waals surface area contributed by atoms with Crippen molar-refractivity contribution in [2.45, 2.75) is 38.8 Å². The molecule has 3 heteroatoms. The van der Waals surface area contributed by atoms with Crippen LogP contribution in [0.1, 0.15) is 35.6 Å². The van der Waals surface area contributed by atoms with Crippen LogP contribution in [0.25, 0.3) is 0 Å². The molecular weight excluding hydrogens is 246 g/mol. The van der Waals surface area contributed by atoms with Gasteiger partial charge in [0.2, 0.25) is 0 Å². The van der Waals surface area contributed by atoms with Crippen LogP contribution in [0.4, 0.5) is 0 Å². The Morgan fingerprint density at radius 1 is 1.30 bits per heavy atom. The fraction of sp³-hybridized carbons (Fsp3) is 0.647. The molecule has 1 aliphatic heterocycles. The summed E-state index contributed by atoms with van der Waals surface area (Å²) < 4.78 is 0. The van der Waals surface area contributed by atoms with Crippen molar-refractivity contribution in [3.05, 3.63) is 34.9 Å². The minimum atomic E-state index is 0.111. The summed E-state index contributed by atoms with van der Waals surface area (Å²) in [6.07, 6.45) is 2.51. The number of nitrogens with zero attached hydrogens (tertiary/aromatic N) is 2. The SMILES string of the molecule is Cc1ccc(C(N)CN(C)C2CCN(C)CC2)c(C)c1. The lowest BCUT2D eigenvalue weighted by Crippen LogP contribution is -2.44. The Hall–Kier alpha value is -0.900. The molecule has 2 rings (SSSR count). The van der Waals surface area contributed by atoms with E-state index in [0.717, 1.165) is 6.54 Å². The van der Waals surface area contributed by atoms with Crippen LogP contribution in [-0.4, -0.2) is 49.6 Å². The zero-order chi connectivity index (χ0) is 14.7. The maximum absolute atomic E-state index is 6.43. The molecule has 1 fully saturated rings. The van der Waals surface area contributed by atoms with E-state index in [1.807, 2.05) is 0 Å². The topological polar surface area (TPSA) is 32.5 Å². The summed E-state index contributed by atoms with van der Waals surface area (Å²) in [5.41, 5.74) is 10.3. The van der Waals surface area contributed by atoms with Crippen molar-refractivity contribution in [2.24, 2.45) is 5.73 Å². The monoisotopic (exact) mass is 275 g/mol. The third-order valence-corrected chi connectivity index (χ3v) is 4.62. The van der Waals surface area contributed by atoms with Crippen LogP contribution >= 0.6 is 0 Å². The smallest absolute Gasteiger partial charge is 0.0426 e. The van der Waals surface area contributed by atoms with Gasteiger partial charge in [0.1, 0.15) is 0 Å². The summed E-state index contributed by atoms with van der Waals surface area (Å²) in [6, 6.07) is 7.38. The molecule has 3 nitrogen and oxygen atoms in total. The lowest BCUT2D eigenvalue weighted by molar-refractivity contribution is 0.139. The minimum Gasteiger partial charge on any atom is -0.323 e. The molecule has 2 N–H and O–H groups in total. The highest BCUT2D eigenvalue weighted by molar-refractivity contribution is 5.32. The van der Waals surface area contributed by atoms with Crippen LogP contribution in [0.5, 0.6) is 0 Å². The van der Waals surface area contributed by atoms with Crippen molar-refractivity contribution in [2.75, 3.05) is 33.7 Å². The van der Waals surface area contributed by atoms with Crippen molar-refractivity contribution >= 4 is 0 Å².